The molecule has 108 valence electrons. The molecule has 0 aliphatic carbocycles. The van der Waals surface area contributed by atoms with Crippen LogP contribution in [0.1, 0.15) is 11.5 Å². The third-order valence-electron chi connectivity index (χ3n) is 3.06. The molecule has 0 N–H and O–H groups in total. The van der Waals surface area contributed by atoms with Gasteiger partial charge in [0.05, 0.1) is 21.6 Å². The number of hydrogen-bond donors (Lipinski definition) is 0. The Hall–Kier alpha value is -1.36. The Balaban J connectivity index is 2.35. The Morgan fingerprint density at radius 1 is 1.14 bits per heavy atom. The van der Waals surface area contributed by atoms with Crippen molar-refractivity contribution in [3.05, 3.63) is 51.6 Å². The molecular weight excluding hydrogens is 336 g/mol. The normalized spacial score (nSPS) is 11.3. The number of rotatable bonds is 2. The third-order valence-corrected chi connectivity index (χ3v) is 3.85. The van der Waals surface area contributed by atoms with Crippen LogP contribution < -0.4 is 0 Å². The second-order valence-electron chi connectivity index (χ2n) is 4.52. The van der Waals surface area contributed by atoms with Crippen molar-refractivity contribution in [2.45, 2.75) is 12.8 Å². The third kappa shape index (κ3) is 2.48. The number of pyridine rings is 1. The number of halogens is 4. The van der Waals surface area contributed by atoms with E-state index in [1.807, 2.05) is 19.1 Å². The minimum atomic E-state index is -0.650. The zero-order chi connectivity index (χ0) is 15.1. The Labute approximate surface area is 135 Å². The highest BCUT2D eigenvalue weighted by molar-refractivity contribution is 6.35. The fourth-order valence-electron chi connectivity index (χ4n) is 2.13. The number of nitrogens with zero attached hydrogens (tertiary/aromatic N) is 3. The second-order valence-corrected chi connectivity index (χ2v) is 5.60. The van der Waals surface area contributed by atoms with Gasteiger partial charge in [-0.15, -0.1) is 11.6 Å². The van der Waals surface area contributed by atoms with E-state index in [-0.39, 0.29) is 15.9 Å². The van der Waals surface area contributed by atoms with E-state index < -0.39 is 5.82 Å². The number of aryl methyl sites for hydroxylation is 1. The topological polar surface area (TPSA) is 30.7 Å². The summed E-state index contributed by atoms with van der Waals surface area (Å²) in [6, 6.07) is 6.67. The zero-order valence-electron chi connectivity index (χ0n) is 10.9. The van der Waals surface area contributed by atoms with Gasteiger partial charge in [0, 0.05) is 5.69 Å². The van der Waals surface area contributed by atoms with Crippen LogP contribution in [0, 0.1) is 12.7 Å². The molecule has 0 aliphatic heterocycles. The van der Waals surface area contributed by atoms with Crippen molar-refractivity contribution in [3.63, 3.8) is 0 Å². The van der Waals surface area contributed by atoms with Gasteiger partial charge in [-0.2, -0.15) is 0 Å². The lowest BCUT2D eigenvalue weighted by Crippen LogP contribution is -2.01. The SMILES string of the molecule is Cc1ccc2nc(CCl)n(-c3cc(Cl)c(F)c(Cl)c3)c2n1. The molecular formula is C14H9Cl3FN3. The number of imidazole rings is 1. The molecule has 3 nitrogen and oxygen atoms in total. The molecule has 0 atom stereocenters. The molecule has 2 heterocycles. The minimum absolute atomic E-state index is 0.0625. The van der Waals surface area contributed by atoms with Gasteiger partial charge >= 0.3 is 0 Å². The van der Waals surface area contributed by atoms with E-state index in [4.69, 9.17) is 34.8 Å². The number of fused-ring (bicyclic) bond motifs is 1. The van der Waals surface area contributed by atoms with Gasteiger partial charge in [0.25, 0.3) is 0 Å². The van der Waals surface area contributed by atoms with Gasteiger partial charge in [-0.3, -0.25) is 4.57 Å². The van der Waals surface area contributed by atoms with Gasteiger partial charge in [-0.1, -0.05) is 23.2 Å². The smallest absolute Gasteiger partial charge is 0.164 e. The van der Waals surface area contributed by atoms with E-state index >= 15 is 0 Å². The van der Waals surface area contributed by atoms with Crippen LogP contribution in [0.25, 0.3) is 16.9 Å². The summed E-state index contributed by atoms with van der Waals surface area (Å²) in [5.41, 5.74) is 2.74. The van der Waals surface area contributed by atoms with E-state index in [1.54, 1.807) is 4.57 Å². The highest BCUT2D eigenvalue weighted by Gasteiger charge is 2.16. The van der Waals surface area contributed by atoms with Gasteiger partial charge in [-0.25, -0.2) is 14.4 Å². The van der Waals surface area contributed by atoms with Crippen molar-refractivity contribution in [3.8, 4) is 5.69 Å². The van der Waals surface area contributed by atoms with E-state index in [9.17, 15) is 4.39 Å². The van der Waals surface area contributed by atoms with Crippen molar-refractivity contribution in [2.24, 2.45) is 0 Å². The van der Waals surface area contributed by atoms with Crippen LogP contribution in [-0.2, 0) is 5.88 Å². The molecule has 0 spiro atoms. The van der Waals surface area contributed by atoms with Crippen LogP contribution in [0.5, 0.6) is 0 Å². The molecule has 21 heavy (non-hydrogen) atoms. The summed E-state index contributed by atoms with van der Waals surface area (Å²) < 4.78 is 15.3. The quantitative estimate of drug-likeness (QED) is 0.488. The second kappa shape index (κ2) is 5.44. The van der Waals surface area contributed by atoms with Crippen LogP contribution in [0.2, 0.25) is 10.0 Å². The molecule has 0 fully saturated rings. The first kappa shape index (κ1) is 14.6. The summed E-state index contributed by atoms with van der Waals surface area (Å²) in [5, 5.41) is -0.125. The molecule has 0 saturated heterocycles. The van der Waals surface area contributed by atoms with Gasteiger partial charge < -0.3 is 0 Å². The summed E-state index contributed by atoms with van der Waals surface area (Å²) in [6.07, 6.45) is 0. The summed E-state index contributed by atoms with van der Waals surface area (Å²) >= 11 is 17.7. The Morgan fingerprint density at radius 3 is 2.43 bits per heavy atom. The van der Waals surface area contributed by atoms with Crippen LogP contribution >= 0.6 is 34.8 Å². The van der Waals surface area contributed by atoms with Crippen LogP contribution in [0.15, 0.2) is 24.3 Å². The van der Waals surface area contributed by atoms with Crippen LogP contribution in [0.3, 0.4) is 0 Å². The van der Waals surface area contributed by atoms with E-state index in [2.05, 4.69) is 9.97 Å². The molecule has 0 amide bonds. The van der Waals surface area contributed by atoms with Crippen molar-refractivity contribution in [1.29, 1.82) is 0 Å². The van der Waals surface area contributed by atoms with Crippen molar-refractivity contribution in [1.82, 2.24) is 14.5 Å². The van der Waals surface area contributed by atoms with E-state index in [0.717, 1.165) is 5.69 Å². The first-order valence-electron chi connectivity index (χ1n) is 6.07. The molecule has 0 bridgehead atoms. The maximum atomic E-state index is 13.6. The predicted molar refractivity (Wildman–Crippen MR) is 83.1 cm³/mol. The van der Waals surface area contributed by atoms with Gasteiger partial charge in [0.15, 0.2) is 11.5 Å². The number of hydrogen-bond acceptors (Lipinski definition) is 2. The zero-order valence-corrected chi connectivity index (χ0v) is 13.1. The average Bonchev–Trinajstić information content (AvgIpc) is 2.81. The minimum Gasteiger partial charge on any atom is -0.280 e. The molecule has 2 aromatic heterocycles. The van der Waals surface area contributed by atoms with Crippen molar-refractivity contribution in [2.75, 3.05) is 0 Å². The number of aromatic nitrogens is 3. The highest BCUT2D eigenvalue weighted by Crippen LogP contribution is 2.29. The van der Waals surface area contributed by atoms with Crippen molar-refractivity contribution >= 4 is 46.0 Å². The van der Waals surface area contributed by atoms with Gasteiger partial charge in [0.2, 0.25) is 0 Å². The molecule has 0 saturated carbocycles. The average molecular weight is 345 g/mol. The lowest BCUT2D eigenvalue weighted by atomic mass is 10.3. The van der Waals surface area contributed by atoms with Crippen molar-refractivity contribution < 1.29 is 4.39 Å². The Kier molecular flexibility index (Phi) is 3.78. The summed E-state index contributed by atoms with van der Waals surface area (Å²) in [5.74, 6) is 0.119. The maximum Gasteiger partial charge on any atom is 0.164 e. The predicted octanol–water partition coefficient (Wildman–Crippen LogP) is 4.91. The summed E-state index contributed by atoms with van der Waals surface area (Å²) in [7, 11) is 0. The fraction of sp³-hybridized carbons (Fsp3) is 0.143. The Morgan fingerprint density at radius 2 is 1.81 bits per heavy atom. The van der Waals surface area contributed by atoms with Crippen LogP contribution in [-0.4, -0.2) is 14.5 Å². The van der Waals surface area contributed by atoms with Gasteiger partial charge in [-0.05, 0) is 31.2 Å². The first-order chi connectivity index (χ1) is 10.0. The first-order valence-corrected chi connectivity index (χ1v) is 7.36. The van der Waals surface area contributed by atoms with Gasteiger partial charge in [0.1, 0.15) is 11.3 Å². The monoisotopic (exact) mass is 343 g/mol. The van der Waals surface area contributed by atoms with E-state index in [1.165, 1.54) is 12.1 Å². The number of alkyl halides is 1. The molecule has 3 aromatic rings. The van der Waals surface area contributed by atoms with E-state index in [0.29, 0.717) is 22.7 Å². The standard InChI is InChI=1S/C14H9Cl3FN3/c1-7-2-3-11-14(19-7)21(12(6-15)20-11)8-4-9(16)13(18)10(17)5-8/h2-5H,6H2,1H3. The lowest BCUT2D eigenvalue weighted by Gasteiger charge is -2.09. The number of benzene rings is 1. The molecule has 3 rings (SSSR count). The Bertz CT molecular complexity index is 822. The molecule has 0 unspecified atom stereocenters. The molecule has 1 aromatic carbocycles. The molecule has 0 aliphatic rings. The van der Waals surface area contributed by atoms with Crippen LogP contribution in [0.4, 0.5) is 4.39 Å². The largest absolute Gasteiger partial charge is 0.280 e. The molecule has 0 radical (unpaired) electrons. The summed E-state index contributed by atoms with van der Waals surface area (Å²) in [4.78, 5) is 8.88. The molecule has 7 heteroatoms. The summed E-state index contributed by atoms with van der Waals surface area (Å²) in [6.45, 7) is 1.88. The maximum absolute atomic E-state index is 13.6. The highest BCUT2D eigenvalue weighted by atomic mass is 35.5. The lowest BCUT2D eigenvalue weighted by molar-refractivity contribution is 0.628. The fourth-order valence-corrected chi connectivity index (χ4v) is 2.79.